The molecule has 1 aromatic heterocycles. The highest BCUT2D eigenvalue weighted by atomic mass is 15.2. The van der Waals surface area contributed by atoms with Crippen LogP contribution in [0, 0.1) is 17.8 Å². The summed E-state index contributed by atoms with van der Waals surface area (Å²) in [7, 11) is 0. The molecule has 3 unspecified atom stereocenters. The molecule has 1 heterocycles. The van der Waals surface area contributed by atoms with E-state index in [-0.39, 0.29) is 6.04 Å². The van der Waals surface area contributed by atoms with Crippen LogP contribution in [0.4, 0.5) is 0 Å². The summed E-state index contributed by atoms with van der Waals surface area (Å²) in [4.78, 5) is 4.07. The van der Waals surface area contributed by atoms with Crippen molar-refractivity contribution in [1.82, 2.24) is 10.4 Å². The maximum atomic E-state index is 5.76. The van der Waals surface area contributed by atoms with Gasteiger partial charge in [-0.2, -0.15) is 0 Å². The maximum absolute atomic E-state index is 5.76. The van der Waals surface area contributed by atoms with Crippen molar-refractivity contribution in [2.75, 3.05) is 0 Å². The zero-order valence-electron chi connectivity index (χ0n) is 10.8. The van der Waals surface area contributed by atoms with E-state index in [2.05, 4.69) is 36.4 Å². The van der Waals surface area contributed by atoms with Crippen molar-refractivity contribution in [2.24, 2.45) is 23.6 Å². The Morgan fingerprint density at radius 2 is 1.76 bits per heavy atom. The molecule has 1 aromatic rings. The lowest BCUT2D eigenvalue weighted by Crippen LogP contribution is -2.37. The Labute approximate surface area is 104 Å². The van der Waals surface area contributed by atoms with Gasteiger partial charge in [0.1, 0.15) is 0 Å². The quantitative estimate of drug-likeness (QED) is 0.623. The topological polar surface area (TPSA) is 50.9 Å². The second-order valence-electron chi connectivity index (χ2n) is 5.60. The van der Waals surface area contributed by atoms with Crippen LogP contribution in [0.1, 0.15) is 44.7 Å². The van der Waals surface area contributed by atoms with E-state index in [0.29, 0.717) is 5.92 Å². The molecule has 0 radical (unpaired) electrons. The average Bonchev–Trinajstić information content (AvgIpc) is 2.30. The van der Waals surface area contributed by atoms with Crippen LogP contribution >= 0.6 is 0 Å². The SMILES string of the molecule is CC1CC(C)CC(C(NN)c2ccncc2)C1. The molecule has 0 aliphatic heterocycles. The Hall–Kier alpha value is -0.930. The Morgan fingerprint density at radius 1 is 1.18 bits per heavy atom. The van der Waals surface area contributed by atoms with Gasteiger partial charge in [0.25, 0.3) is 0 Å². The van der Waals surface area contributed by atoms with Gasteiger partial charge >= 0.3 is 0 Å². The molecule has 94 valence electrons. The van der Waals surface area contributed by atoms with Gasteiger partial charge in [0.15, 0.2) is 0 Å². The highest BCUT2D eigenvalue weighted by Crippen LogP contribution is 2.39. The summed E-state index contributed by atoms with van der Waals surface area (Å²) < 4.78 is 0. The molecule has 1 aliphatic carbocycles. The molecular formula is C14H23N3. The van der Waals surface area contributed by atoms with Crippen molar-refractivity contribution in [3.63, 3.8) is 0 Å². The smallest absolute Gasteiger partial charge is 0.0489 e. The van der Waals surface area contributed by atoms with Crippen LogP contribution in [0.5, 0.6) is 0 Å². The second kappa shape index (κ2) is 5.61. The van der Waals surface area contributed by atoms with Gasteiger partial charge in [-0.15, -0.1) is 0 Å². The van der Waals surface area contributed by atoms with Crippen LogP contribution in [0.25, 0.3) is 0 Å². The number of hydrogen-bond donors (Lipinski definition) is 2. The zero-order chi connectivity index (χ0) is 12.3. The van der Waals surface area contributed by atoms with Gasteiger partial charge in [0.05, 0.1) is 0 Å². The highest BCUT2D eigenvalue weighted by molar-refractivity contribution is 5.16. The molecular weight excluding hydrogens is 210 g/mol. The van der Waals surface area contributed by atoms with Crippen molar-refractivity contribution in [3.05, 3.63) is 30.1 Å². The lowest BCUT2D eigenvalue weighted by Gasteiger charge is -2.36. The van der Waals surface area contributed by atoms with E-state index in [1.807, 2.05) is 12.4 Å². The standard InChI is InChI=1S/C14H23N3/c1-10-7-11(2)9-13(8-10)14(17-15)12-3-5-16-6-4-12/h3-6,10-11,13-14,17H,7-9,15H2,1-2H3. The molecule has 1 fully saturated rings. The Kier molecular flexibility index (Phi) is 4.13. The summed E-state index contributed by atoms with van der Waals surface area (Å²) in [5.41, 5.74) is 4.26. The summed E-state index contributed by atoms with van der Waals surface area (Å²) in [5.74, 6) is 8.01. The molecule has 2 rings (SSSR count). The Morgan fingerprint density at radius 3 is 2.29 bits per heavy atom. The molecule has 0 saturated heterocycles. The molecule has 0 amide bonds. The number of pyridine rings is 1. The van der Waals surface area contributed by atoms with E-state index in [4.69, 9.17) is 5.84 Å². The van der Waals surface area contributed by atoms with Crippen LogP contribution in [0.3, 0.4) is 0 Å². The fraction of sp³-hybridized carbons (Fsp3) is 0.643. The first-order valence-electron chi connectivity index (χ1n) is 6.56. The highest BCUT2D eigenvalue weighted by Gasteiger charge is 2.30. The number of hydrazine groups is 1. The van der Waals surface area contributed by atoms with Crippen molar-refractivity contribution in [2.45, 2.75) is 39.2 Å². The minimum Gasteiger partial charge on any atom is -0.271 e. The summed E-state index contributed by atoms with van der Waals surface area (Å²) in [5, 5.41) is 0. The van der Waals surface area contributed by atoms with Crippen LogP contribution in [0.2, 0.25) is 0 Å². The minimum atomic E-state index is 0.267. The normalized spacial score (nSPS) is 31.1. The molecule has 3 heteroatoms. The van der Waals surface area contributed by atoms with E-state index in [9.17, 15) is 0 Å². The first-order chi connectivity index (χ1) is 8.20. The first-order valence-corrected chi connectivity index (χ1v) is 6.56. The Bertz CT molecular complexity index is 329. The second-order valence-corrected chi connectivity index (χ2v) is 5.60. The third-order valence-corrected chi connectivity index (χ3v) is 3.93. The molecule has 3 N–H and O–H groups in total. The largest absolute Gasteiger partial charge is 0.271 e. The fourth-order valence-electron chi connectivity index (χ4n) is 3.36. The summed E-state index contributed by atoms with van der Waals surface area (Å²) >= 11 is 0. The third kappa shape index (κ3) is 3.05. The minimum absolute atomic E-state index is 0.267. The fourth-order valence-corrected chi connectivity index (χ4v) is 3.36. The first kappa shape index (κ1) is 12.5. The molecule has 17 heavy (non-hydrogen) atoms. The molecule has 1 aliphatic rings. The van der Waals surface area contributed by atoms with E-state index < -0.39 is 0 Å². The molecule has 3 nitrogen and oxygen atoms in total. The van der Waals surface area contributed by atoms with Crippen molar-refractivity contribution < 1.29 is 0 Å². The van der Waals surface area contributed by atoms with Crippen molar-refractivity contribution >= 4 is 0 Å². The van der Waals surface area contributed by atoms with Crippen LogP contribution in [-0.4, -0.2) is 4.98 Å². The number of rotatable bonds is 3. The number of nitrogens with one attached hydrogen (secondary N) is 1. The Balaban J connectivity index is 2.13. The third-order valence-electron chi connectivity index (χ3n) is 3.93. The lowest BCUT2D eigenvalue weighted by molar-refractivity contribution is 0.177. The number of nitrogens with zero attached hydrogens (tertiary/aromatic N) is 1. The van der Waals surface area contributed by atoms with Crippen LogP contribution < -0.4 is 11.3 Å². The van der Waals surface area contributed by atoms with Gasteiger partial charge in [-0.05, 0) is 54.7 Å². The number of hydrogen-bond acceptors (Lipinski definition) is 3. The zero-order valence-corrected chi connectivity index (χ0v) is 10.8. The van der Waals surface area contributed by atoms with E-state index in [0.717, 1.165) is 11.8 Å². The van der Waals surface area contributed by atoms with Crippen molar-refractivity contribution in [1.29, 1.82) is 0 Å². The molecule has 0 spiro atoms. The van der Waals surface area contributed by atoms with E-state index in [1.165, 1.54) is 24.8 Å². The number of nitrogens with two attached hydrogens (primary N) is 1. The predicted molar refractivity (Wildman–Crippen MR) is 70.0 cm³/mol. The van der Waals surface area contributed by atoms with Crippen molar-refractivity contribution in [3.8, 4) is 0 Å². The van der Waals surface area contributed by atoms with Gasteiger partial charge in [0, 0.05) is 18.4 Å². The molecule has 3 atom stereocenters. The summed E-state index contributed by atoms with van der Waals surface area (Å²) in [6.45, 7) is 4.70. The maximum Gasteiger partial charge on any atom is 0.0489 e. The van der Waals surface area contributed by atoms with Crippen LogP contribution in [-0.2, 0) is 0 Å². The summed E-state index contributed by atoms with van der Waals surface area (Å²) in [6.07, 6.45) is 7.57. The monoisotopic (exact) mass is 233 g/mol. The van der Waals surface area contributed by atoms with Gasteiger partial charge in [-0.3, -0.25) is 16.3 Å². The summed E-state index contributed by atoms with van der Waals surface area (Å²) in [6, 6.07) is 4.39. The molecule has 0 aromatic carbocycles. The van der Waals surface area contributed by atoms with Gasteiger partial charge in [-0.1, -0.05) is 13.8 Å². The van der Waals surface area contributed by atoms with E-state index in [1.54, 1.807) is 0 Å². The molecule has 1 saturated carbocycles. The van der Waals surface area contributed by atoms with Gasteiger partial charge < -0.3 is 0 Å². The predicted octanol–water partition coefficient (Wildman–Crippen LogP) is 2.66. The number of aromatic nitrogens is 1. The van der Waals surface area contributed by atoms with Crippen LogP contribution in [0.15, 0.2) is 24.5 Å². The van der Waals surface area contributed by atoms with E-state index >= 15 is 0 Å². The van der Waals surface area contributed by atoms with Gasteiger partial charge in [-0.25, -0.2) is 0 Å². The van der Waals surface area contributed by atoms with Gasteiger partial charge in [0.2, 0.25) is 0 Å². The average molecular weight is 233 g/mol. The molecule has 0 bridgehead atoms. The lowest BCUT2D eigenvalue weighted by atomic mass is 9.72.